The number of nitrogens with zero attached hydrogens (tertiary/aromatic N) is 1. The first-order valence-corrected chi connectivity index (χ1v) is 10.0. The van der Waals surface area contributed by atoms with Crippen molar-refractivity contribution in [3.05, 3.63) is 29.3 Å². The molecule has 0 saturated carbocycles. The van der Waals surface area contributed by atoms with E-state index in [1.54, 1.807) is 12.1 Å². The number of piperidine rings is 1. The second-order valence-electron chi connectivity index (χ2n) is 6.40. The van der Waals surface area contributed by atoms with Crippen LogP contribution in [0.1, 0.15) is 12.8 Å². The van der Waals surface area contributed by atoms with E-state index in [2.05, 4.69) is 10.6 Å². The fraction of sp³-hybridized carbons (Fsp3) is 0.562. The lowest BCUT2D eigenvalue weighted by molar-refractivity contribution is -0.126. The zero-order valence-electron chi connectivity index (χ0n) is 13.8. The average Bonchev–Trinajstić information content (AvgIpc) is 2.54. The molecule has 1 aromatic carbocycles. The first-order valence-electron chi connectivity index (χ1n) is 8.21. The van der Waals surface area contributed by atoms with Crippen molar-refractivity contribution in [2.75, 3.05) is 32.7 Å². The van der Waals surface area contributed by atoms with Crippen LogP contribution in [0.5, 0.6) is 0 Å². The second-order valence-corrected chi connectivity index (χ2v) is 8.78. The number of benzene rings is 1. The summed E-state index contributed by atoms with van der Waals surface area (Å²) in [5.74, 6) is 0.472. The Balaban J connectivity index is 0.00000225. The molecule has 25 heavy (non-hydrogen) atoms. The van der Waals surface area contributed by atoms with Gasteiger partial charge in [-0.05, 0) is 37.1 Å². The Morgan fingerprint density at radius 1 is 1.20 bits per heavy atom. The molecule has 0 unspecified atom stereocenters. The van der Waals surface area contributed by atoms with Crippen molar-refractivity contribution < 1.29 is 13.2 Å². The van der Waals surface area contributed by atoms with Gasteiger partial charge in [-0.1, -0.05) is 11.6 Å². The Hall–Kier alpha value is -0.860. The van der Waals surface area contributed by atoms with Crippen LogP contribution in [0.4, 0.5) is 0 Å². The van der Waals surface area contributed by atoms with Crippen molar-refractivity contribution in [1.82, 2.24) is 14.9 Å². The normalized spacial score (nSPS) is 19.7. The quantitative estimate of drug-likeness (QED) is 0.774. The predicted octanol–water partition coefficient (Wildman–Crippen LogP) is 1.50. The Bertz CT molecular complexity index is 685. The van der Waals surface area contributed by atoms with E-state index >= 15 is 0 Å². The van der Waals surface area contributed by atoms with Gasteiger partial charge in [0.2, 0.25) is 15.9 Å². The third-order valence-corrected chi connectivity index (χ3v) is 6.87. The molecule has 2 heterocycles. The lowest BCUT2D eigenvalue weighted by Gasteiger charge is -2.32. The van der Waals surface area contributed by atoms with Crippen LogP contribution in [0.15, 0.2) is 29.2 Å². The summed E-state index contributed by atoms with van der Waals surface area (Å²) in [6, 6.07) is 6.18. The van der Waals surface area contributed by atoms with E-state index in [1.807, 2.05) is 0 Å². The Morgan fingerprint density at radius 2 is 1.80 bits per heavy atom. The Morgan fingerprint density at radius 3 is 2.32 bits per heavy atom. The van der Waals surface area contributed by atoms with E-state index in [0.29, 0.717) is 43.4 Å². The van der Waals surface area contributed by atoms with Gasteiger partial charge in [-0.25, -0.2) is 8.42 Å². The van der Waals surface area contributed by atoms with Gasteiger partial charge in [-0.3, -0.25) is 4.79 Å². The summed E-state index contributed by atoms with van der Waals surface area (Å²) in [6.07, 6.45) is 1.11. The number of halogens is 2. The fourth-order valence-electron chi connectivity index (χ4n) is 3.00. The monoisotopic (exact) mass is 407 g/mol. The highest BCUT2D eigenvalue weighted by molar-refractivity contribution is 7.89. The molecule has 0 aromatic heterocycles. The first-order chi connectivity index (χ1) is 11.5. The number of carbonyl (C=O) groups excluding carboxylic acids is 1. The summed E-state index contributed by atoms with van der Waals surface area (Å²) in [6.45, 7) is 3.35. The maximum Gasteiger partial charge on any atom is 0.243 e. The summed E-state index contributed by atoms with van der Waals surface area (Å²) in [5.41, 5.74) is 0. The van der Waals surface area contributed by atoms with Crippen LogP contribution in [0.25, 0.3) is 0 Å². The number of hydrogen-bond donors (Lipinski definition) is 2. The van der Waals surface area contributed by atoms with Crippen molar-refractivity contribution in [1.29, 1.82) is 0 Å². The van der Waals surface area contributed by atoms with E-state index in [-0.39, 0.29) is 29.1 Å². The van der Waals surface area contributed by atoms with Crippen LogP contribution < -0.4 is 10.6 Å². The van der Waals surface area contributed by atoms with Crippen LogP contribution in [0.3, 0.4) is 0 Å². The fourth-order valence-corrected chi connectivity index (χ4v) is 4.59. The van der Waals surface area contributed by atoms with E-state index < -0.39 is 10.0 Å². The van der Waals surface area contributed by atoms with Gasteiger partial charge in [0.1, 0.15) is 0 Å². The zero-order valence-corrected chi connectivity index (χ0v) is 16.2. The molecule has 2 N–H and O–H groups in total. The highest BCUT2D eigenvalue weighted by Crippen LogP contribution is 2.24. The standard InChI is InChI=1S/C16H22ClN3O3S.ClH/c17-14-1-3-15(4-2-14)24(22,23)20-7-5-13(6-8-20)16(21)19-11-12-9-18-10-12;/h1-4,12-13,18H,5-11H2,(H,19,21);1H. The second kappa shape index (κ2) is 8.68. The van der Waals surface area contributed by atoms with Crippen molar-refractivity contribution in [2.45, 2.75) is 17.7 Å². The third-order valence-electron chi connectivity index (χ3n) is 4.71. The molecule has 1 amide bonds. The van der Waals surface area contributed by atoms with Crippen molar-refractivity contribution >= 4 is 39.9 Å². The molecule has 3 rings (SSSR count). The van der Waals surface area contributed by atoms with E-state index in [4.69, 9.17) is 11.6 Å². The molecule has 2 aliphatic heterocycles. The van der Waals surface area contributed by atoms with Gasteiger partial charge in [-0.2, -0.15) is 4.31 Å². The predicted molar refractivity (Wildman–Crippen MR) is 99.6 cm³/mol. The van der Waals surface area contributed by atoms with Gasteiger partial charge in [0, 0.05) is 49.6 Å². The number of carbonyl (C=O) groups is 1. The number of sulfonamides is 1. The molecule has 0 bridgehead atoms. The Kier molecular flexibility index (Phi) is 7.10. The van der Waals surface area contributed by atoms with Gasteiger partial charge >= 0.3 is 0 Å². The molecule has 2 saturated heterocycles. The average molecular weight is 408 g/mol. The highest BCUT2D eigenvalue weighted by Gasteiger charge is 2.32. The summed E-state index contributed by atoms with van der Waals surface area (Å²) in [7, 11) is -3.51. The molecular formula is C16H23Cl2N3O3S. The first kappa shape index (κ1) is 20.5. The molecule has 0 radical (unpaired) electrons. The van der Waals surface area contributed by atoms with Gasteiger partial charge < -0.3 is 10.6 Å². The zero-order chi connectivity index (χ0) is 17.2. The van der Waals surface area contributed by atoms with E-state index in [1.165, 1.54) is 16.4 Å². The number of hydrogen-bond acceptors (Lipinski definition) is 4. The summed E-state index contributed by atoms with van der Waals surface area (Å²) in [4.78, 5) is 12.4. The van der Waals surface area contributed by atoms with Crippen LogP contribution in [-0.2, 0) is 14.8 Å². The lowest BCUT2D eigenvalue weighted by atomic mass is 9.96. The van der Waals surface area contributed by atoms with Gasteiger partial charge in [-0.15, -0.1) is 12.4 Å². The van der Waals surface area contributed by atoms with Crippen molar-refractivity contribution in [3.63, 3.8) is 0 Å². The molecule has 2 fully saturated rings. The largest absolute Gasteiger partial charge is 0.355 e. The maximum atomic E-state index is 12.6. The van der Waals surface area contributed by atoms with Crippen LogP contribution in [0, 0.1) is 11.8 Å². The van der Waals surface area contributed by atoms with Crippen LogP contribution >= 0.6 is 24.0 Å². The van der Waals surface area contributed by atoms with Gasteiger partial charge in [0.15, 0.2) is 0 Å². The SMILES string of the molecule is Cl.O=C(NCC1CNC1)C1CCN(S(=O)(=O)c2ccc(Cl)cc2)CC1. The molecule has 140 valence electrons. The molecule has 0 spiro atoms. The van der Waals surface area contributed by atoms with Gasteiger partial charge in [0.05, 0.1) is 4.90 Å². The number of amides is 1. The molecule has 0 aliphatic carbocycles. The number of rotatable bonds is 5. The van der Waals surface area contributed by atoms with Gasteiger partial charge in [0.25, 0.3) is 0 Å². The lowest BCUT2D eigenvalue weighted by Crippen LogP contribution is -2.50. The molecule has 6 nitrogen and oxygen atoms in total. The molecular weight excluding hydrogens is 385 g/mol. The third kappa shape index (κ3) is 4.86. The molecule has 0 atom stereocenters. The van der Waals surface area contributed by atoms with Crippen LogP contribution in [0.2, 0.25) is 5.02 Å². The van der Waals surface area contributed by atoms with Crippen LogP contribution in [-0.4, -0.2) is 51.4 Å². The minimum Gasteiger partial charge on any atom is -0.355 e. The summed E-state index contributed by atoms with van der Waals surface area (Å²) >= 11 is 5.81. The number of nitrogens with one attached hydrogen (secondary N) is 2. The summed E-state index contributed by atoms with van der Waals surface area (Å²) in [5, 5.41) is 6.66. The van der Waals surface area contributed by atoms with Crippen molar-refractivity contribution in [3.8, 4) is 0 Å². The topological polar surface area (TPSA) is 78.5 Å². The molecule has 1 aromatic rings. The minimum absolute atomic E-state index is 0. The summed E-state index contributed by atoms with van der Waals surface area (Å²) < 4.78 is 26.7. The minimum atomic E-state index is -3.51. The molecule has 9 heteroatoms. The maximum absolute atomic E-state index is 12.6. The van der Waals surface area contributed by atoms with E-state index in [0.717, 1.165) is 13.1 Å². The van der Waals surface area contributed by atoms with Crippen molar-refractivity contribution in [2.24, 2.45) is 11.8 Å². The Labute approximate surface area is 159 Å². The highest BCUT2D eigenvalue weighted by atomic mass is 35.5. The molecule has 2 aliphatic rings. The smallest absolute Gasteiger partial charge is 0.243 e. The van der Waals surface area contributed by atoms with E-state index in [9.17, 15) is 13.2 Å².